The Morgan fingerprint density at radius 3 is 2.12 bits per heavy atom. The monoisotopic (exact) mass is 359 g/mol. The highest BCUT2D eigenvalue weighted by molar-refractivity contribution is 5.76. The smallest absolute Gasteiger partial charge is 0.223 e. The highest BCUT2D eigenvalue weighted by Crippen LogP contribution is 2.35. The molecule has 1 atom stereocenters. The highest BCUT2D eigenvalue weighted by atomic mass is 16.2. The van der Waals surface area contributed by atoms with Crippen molar-refractivity contribution in [3.05, 3.63) is 35.9 Å². The van der Waals surface area contributed by atoms with Gasteiger partial charge in [0.25, 0.3) is 0 Å². The molecule has 0 bridgehead atoms. The summed E-state index contributed by atoms with van der Waals surface area (Å²) in [6.45, 7) is 9.80. The molecule has 0 aliphatic carbocycles. The Balaban J connectivity index is 2.11. The van der Waals surface area contributed by atoms with Gasteiger partial charge in [-0.05, 0) is 66.1 Å². The number of rotatable bonds is 6. The maximum absolute atomic E-state index is 13.1. The normalized spacial score (nSPS) is 20.8. The summed E-state index contributed by atoms with van der Waals surface area (Å²) in [6, 6.07) is 10.4. The first-order chi connectivity index (χ1) is 12.0. The summed E-state index contributed by atoms with van der Waals surface area (Å²) in [4.78, 5) is 17.2. The summed E-state index contributed by atoms with van der Waals surface area (Å²) in [5.74, 6) is 0.672. The number of likely N-dealkylation sites (N-methyl/N-ethyl adjacent to an activating group) is 2. The van der Waals surface area contributed by atoms with Crippen LogP contribution in [0.1, 0.15) is 58.6 Å². The first-order valence-corrected chi connectivity index (χ1v) is 9.74. The molecule has 1 aliphatic rings. The summed E-state index contributed by atoms with van der Waals surface area (Å²) in [6.07, 6.45) is 2.71. The fourth-order valence-corrected chi connectivity index (χ4v) is 4.72. The average Bonchev–Trinajstić information content (AvgIpc) is 2.49. The van der Waals surface area contributed by atoms with Crippen LogP contribution in [0.4, 0.5) is 0 Å². The van der Waals surface area contributed by atoms with E-state index in [0.29, 0.717) is 12.3 Å². The summed E-state index contributed by atoms with van der Waals surface area (Å²) in [5.41, 5.74) is 1.35. The molecular weight excluding hydrogens is 322 g/mol. The van der Waals surface area contributed by atoms with E-state index in [1.807, 2.05) is 30.1 Å². The molecule has 1 heterocycles. The lowest BCUT2D eigenvalue weighted by Gasteiger charge is -2.46. The van der Waals surface area contributed by atoms with Crippen LogP contribution in [0.15, 0.2) is 30.3 Å². The number of carbonyl (C=O) groups excluding carboxylic acids is 1. The van der Waals surface area contributed by atoms with Crippen LogP contribution >= 0.6 is 0 Å². The molecule has 4 heteroatoms. The second-order valence-electron chi connectivity index (χ2n) is 9.56. The molecule has 26 heavy (non-hydrogen) atoms. The Morgan fingerprint density at radius 2 is 1.62 bits per heavy atom. The van der Waals surface area contributed by atoms with Gasteiger partial charge < -0.3 is 15.1 Å². The fourth-order valence-electron chi connectivity index (χ4n) is 4.72. The number of benzene rings is 1. The van der Waals surface area contributed by atoms with Gasteiger partial charge in [-0.2, -0.15) is 0 Å². The summed E-state index contributed by atoms with van der Waals surface area (Å²) in [5, 5.41) is 3.71. The van der Waals surface area contributed by atoms with Gasteiger partial charge in [-0.3, -0.25) is 4.79 Å². The zero-order valence-electron chi connectivity index (χ0n) is 17.7. The lowest BCUT2D eigenvalue weighted by atomic mass is 9.74. The van der Waals surface area contributed by atoms with Crippen molar-refractivity contribution >= 4 is 5.91 Å². The van der Waals surface area contributed by atoms with Gasteiger partial charge >= 0.3 is 0 Å². The van der Waals surface area contributed by atoms with Crippen molar-refractivity contribution < 1.29 is 4.79 Å². The molecule has 0 aromatic heterocycles. The maximum atomic E-state index is 13.1. The van der Waals surface area contributed by atoms with Gasteiger partial charge in [-0.15, -0.1) is 0 Å². The minimum atomic E-state index is 0.0771. The van der Waals surface area contributed by atoms with E-state index in [0.717, 1.165) is 19.4 Å². The van der Waals surface area contributed by atoms with E-state index >= 15 is 0 Å². The number of piperidine rings is 1. The number of amides is 1. The van der Waals surface area contributed by atoms with E-state index in [1.54, 1.807) is 0 Å². The van der Waals surface area contributed by atoms with Gasteiger partial charge in [0.15, 0.2) is 0 Å². The molecule has 1 aromatic rings. The molecule has 1 saturated heterocycles. The third kappa shape index (κ3) is 5.82. The van der Waals surface area contributed by atoms with Crippen LogP contribution < -0.4 is 5.32 Å². The molecule has 1 N–H and O–H groups in total. The van der Waals surface area contributed by atoms with E-state index in [1.165, 1.54) is 5.56 Å². The zero-order chi connectivity index (χ0) is 19.5. The molecule has 1 fully saturated rings. The molecule has 0 saturated carbocycles. The molecule has 4 nitrogen and oxygen atoms in total. The molecule has 0 radical (unpaired) electrons. The third-order valence-corrected chi connectivity index (χ3v) is 5.32. The molecule has 2 rings (SSSR count). The number of carbonyl (C=O) groups is 1. The molecule has 0 unspecified atom stereocenters. The number of nitrogens with zero attached hydrogens (tertiary/aromatic N) is 2. The fraction of sp³-hybridized carbons (Fsp3) is 0.682. The Labute approximate surface area is 159 Å². The Bertz CT molecular complexity index is 579. The van der Waals surface area contributed by atoms with Crippen LogP contribution in [0.5, 0.6) is 0 Å². The van der Waals surface area contributed by atoms with Crippen molar-refractivity contribution in [1.29, 1.82) is 0 Å². The predicted octanol–water partition coefficient (Wildman–Crippen LogP) is 3.69. The van der Waals surface area contributed by atoms with Crippen molar-refractivity contribution in [3.8, 4) is 0 Å². The minimum Gasteiger partial charge on any atom is -0.337 e. The van der Waals surface area contributed by atoms with Crippen LogP contribution in [0.2, 0.25) is 0 Å². The van der Waals surface area contributed by atoms with Crippen molar-refractivity contribution in [2.75, 3.05) is 27.7 Å². The van der Waals surface area contributed by atoms with E-state index < -0.39 is 0 Å². The van der Waals surface area contributed by atoms with Crippen molar-refractivity contribution in [1.82, 2.24) is 15.1 Å². The van der Waals surface area contributed by atoms with Gasteiger partial charge in [0, 0.05) is 31.1 Å². The summed E-state index contributed by atoms with van der Waals surface area (Å²) < 4.78 is 0. The Morgan fingerprint density at radius 1 is 1.08 bits per heavy atom. The number of hydrogen-bond acceptors (Lipinski definition) is 3. The van der Waals surface area contributed by atoms with E-state index in [2.05, 4.69) is 64.1 Å². The van der Waals surface area contributed by atoms with Gasteiger partial charge in [0.2, 0.25) is 5.91 Å². The quantitative estimate of drug-likeness (QED) is 0.841. The zero-order valence-corrected chi connectivity index (χ0v) is 17.7. The molecule has 146 valence electrons. The predicted molar refractivity (Wildman–Crippen MR) is 109 cm³/mol. The molecule has 1 aliphatic heterocycles. The SMILES string of the molecule is CN(C)C[C@H](c1ccccc1)N(C)C(=O)CC1CC(C)(C)NC(C)(C)C1. The van der Waals surface area contributed by atoms with Gasteiger partial charge in [-0.1, -0.05) is 30.3 Å². The van der Waals surface area contributed by atoms with Crippen molar-refractivity contribution in [2.45, 2.75) is 64.1 Å². The number of hydrogen-bond donors (Lipinski definition) is 1. The Hall–Kier alpha value is -1.39. The molecule has 1 amide bonds. The van der Waals surface area contributed by atoms with Crippen LogP contribution in [-0.4, -0.2) is 54.5 Å². The lowest BCUT2D eigenvalue weighted by Crippen LogP contribution is -2.58. The number of nitrogens with one attached hydrogen (secondary N) is 1. The first kappa shape index (κ1) is 20.9. The van der Waals surface area contributed by atoms with Crippen LogP contribution in [0, 0.1) is 5.92 Å². The van der Waals surface area contributed by atoms with E-state index in [9.17, 15) is 4.79 Å². The topological polar surface area (TPSA) is 35.6 Å². The molecule has 0 spiro atoms. The lowest BCUT2D eigenvalue weighted by molar-refractivity contribution is -0.134. The minimum absolute atomic E-state index is 0.0771. The third-order valence-electron chi connectivity index (χ3n) is 5.32. The Kier molecular flexibility index (Phi) is 6.51. The van der Waals surface area contributed by atoms with Crippen LogP contribution in [-0.2, 0) is 4.79 Å². The maximum Gasteiger partial charge on any atom is 0.223 e. The largest absolute Gasteiger partial charge is 0.337 e. The molecule has 1 aromatic carbocycles. The van der Waals surface area contributed by atoms with Crippen LogP contribution in [0.3, 0.4) is 0 Å². The standard InChI is InChI=1S/C22H37N3O/c1-21(2)14-17(15-22(3,4)23-21)13-20(26)25(7)19(16-24(5)6)18-11-9-8-10-12-18/h8-12,17,19,23H,13-16H2,1-7H3/t19-/m1/s1. The second kappa shape index (κ2) is 8.10. The highest BCUT2D eigenvalue weighted by Gasteiger charge is 2.39. The molecular formula is C22H37N3O. The summed E-state index contributed by atoms with van der Waals surface area (Å²) >= 11 is 0. The van der Waals surface area contributed by atoms with Gasteiger partial charge in [0.1, 0.15) is 0 Å². The van der Waals surface area contributed by atoms with Gasteiger partial charge in [-0.25, -0.2) is 0 Å². The first-order valence-electron chi connectivity index (χ1n) is 9.74. The van der Waals surface area contributed by atoms with E-state index in [-0.39, 0.29) is 23.0 Å². The second-order valence-corrected chi connectivity index (χ2v) is 9.56. The van der Waals surface area contributed by atoms with Gasteiger partial charge in [0.05, 0.1) is 6.04 Å². The van der Waals surface area contributed by atoms with Crippen LogP contribution in [0.25, 0.3) is 0 Å². The average molecular weight is 360 g/mol. The summed E-state index contributed by atoms with van der Waals surface area (Å²) in [7, 11) is 6.08. The van der Waals surface area contributed by atoms with Crippen molar-refractivity contribution in [3.63, 3.8) is 0 Å². The van der Waals surface area contributed by atoms with E-state index in [4.69, 9.17) is 0 Å². The van der Waals surface area contributed by atoms with Crippen molar-refractivity contribution in [2.24, 2.45) is 5.92 Å².